The second kappa shape index (κ2) is 11.4. The van der Waals surface area contributed by atoms with E-state index in [2.05, 4.69) is 58.7 Å². The molecule has 41 heavy (non-hydrogen) atoms. The van der Waals surface area contributed by atoms with Gasteiger partial charge in [-0.25, -0.2) is 14.4 Å². The summed E-state index contributed by atoms with van der Waals surface area (Å²) in [6.45, 7) is 5.23. The van der Waals surface area contributed by atoms with Crippen LogP contribution in [0.2, 0.25) is 0 Å². The number of hydrogen-bond acceptors (Lipinski definition) is 8. The van der Waals surface area contributed by atoms with Crippen LogP contribution in [-0.4, -0.2) is 73.7 Å². The van der Waals surface area contributed by atoms with Gasteiger partial charge in [0.2, 0.25) is 0 Å². The monoisotopic (exact) mass is 550 g/mol. The van der Waals surface area contributed by atoms with Crippen LogP contribution >= 0.6 is 0 Å². The molecule has 208 valence electrons. The van der Waals surface area contributed by atoms with Gasteiger partial charge in [0.05, 0.1) is 16.6 Å². The quantitative estimate of drug-likeness (QED) is 0.191. The number of aromatic nitrogens is 7. The van der Waals surface area contributed by atoms with Gasteiger partial charge in [0, 0.05) is 66.8 Å². The maximum atomic E-state index is 14.6. The van der Waals surface area contributed by atoms with Gasteiger partial charge in [-0.15, -0.1) is 0 Å². The number of benzene rings is 1. The van der Waals surface area contributed by atoms with Gasteiger partial charge in [-0.3, -0.25) is 15.1 Å². The molecule has 0 aliphatic carbocycles. The van der Waals surface area contributed by atoms with E-state index in [1.54, 1.807) is 12.4 Å². The zero-order valence-corrected chi connectivity index (χ0v) is 23.2. The lowest BCUT2D eigenvalue weighted by atomic mass is 10.1. The van der Waals surface area contributed by atoms with Crippen LogP contribution in [0, 0.1) is 5.82 Å². The van der Waals surface area contributed by atoms with E-state index in [0.717, 1.165) is 47.2 Å². The average Bonchev–Trinajstić information content (AvgIpc) is 3.59. The number of fused-ring (bicyclic) bond motifs is 2. The molecule has 0 aliphatic rings. The van der Waals surface area contributed by atoms with Gasteiger partial charge in [-0.05, 0) is 62.6 Å². The molecule has 0 unspecified atom stereocenters. The molecule has 0 amide bonds. The molecule has 4 N–H and O–H groups in total. The fourth-order valence-electron chi connectivity index (χ4n) is 4.77. The molecule has 0 spiro atoms. The van der Waals surface area contributed by atoms with Crippen molar-refractivity contribution < 1.29 is 4.39 Å². The van der Waals surface area contributed by atoms with Crippen LogP contribution in [-0.2, 0) is 6.54 Å². The normalized spacial score (nSPS) is 11.6. The third-order valence-corrected chi connectivity index (χ3v) is 6.81. The Morgan fingerprint density at radius 1 is 0.976 bits per heavy atom. The lowest BCUT2D eigenvalue weighted by Gasteiger charge is -2.12. The molecule has 0 saturated carbocycles. The van der Waals surface area contributed by atoms with Crippen LogP contribution in [0.3, 0.4) is 0 Å². The highest BCUT2D eigenvalue weighted by Gasteiger charge is 2.17. The lowest BCUT2D eigenvalue weighted by molar-refractivity contribution is 0.425. The van der Waals surface area contributed by atoms with E-state index in [4.69, 9.17) is 4.98 Å². The summed E-state index contributed by atoms with van der Waals surface area (Å²) in [6.07, 6.45) is 7.19. The Hall–Kier alpha value is -4.74. The number of H-pyrrole nitrogens is 2. The molecule has 0 fully saturated rings. The number of pyridine rings is 3. The number of nitrogens with one attached hydrogen (secondary N) is 4. The zero-order chi connectivity index (χ0) is 28.3. The van der Waals surface area contributed by atoms with Crippen molar-refractivity contribution in [2.45, 2.75) is 13.5 Å². The number of nitrogens with zero attached hydrogens (tertiary/aromatic N) is 6. The number of hydrogen-bond donors (Lipinski definition) is 4. The Morgan fingerprint density at radius 2 is 1.85 bits per heavy atom. The SMILES string of the molecule is CCNCc1cncc(-c2cnc3n[nH]c(-c4nc5c(-c6cc(F)cc(NCCN(C)C)c6)nccc5[nH]4)c3c2)c1. The molecular weight excluding hydrogens is 519 g/mol. The molecule has 10 nitrogen and oxygen atoms in total. The Kier molecular flexibility index (Phi) is 7.36. The minimum Gasteiger partial charge on any atom is -0.384 e. The highest BCUT2D eigenvalue weighted by Crippen LogP contribution is 2.32. The van der Waals surface area contributed by atoms with Crippen LogP contribution < -0.4 is 10.6 Å². The zero-order valence-electron chi connectivity index (χ0n) is 23.2. The van der Waals surface area contributed by atoms with E-state index in [-0.39, 0.29) is 5.82 Å². The van der Waals surface area contributed by atoms with Crippen LogP contribution in [0.25, 0.3) is 56.0 Å². The third kappa shape index (κ3) is 5.63. The highest BCUT2D eigenvalue weighted by molar-refractivity contribution is 5.96. The van der Waals surface area contributed by atoms with Crippen molar-refractivity contribution in [1.29, 1.82) is 0 Å². The van der Waals surface area contributed by atoms with E-state index < -0.39 is 0 Å². The molecule has 0 saturated heterocycles. The Morgan fingerprint density at radius 3 is 2.71 bits per heavy atom. The Balaban J connectivity index is 1.37. The molecule has 5 heterocycles. The second-order valence-corrected chi connectivity index (χ2v) is 10.2. The standard InChI is InChI=1S/C30H31FN10/c1-4-32-14-18-9-20(16-33-15-18)21-12-24-27(39-40-29(24)36-17-21)30-37-25-5-6-35-26(28(25)38-30)19-10-22(31)13-23(11-19)34-7-8-41(2)3/h5-6,9-13,15-17,32,34H,4,7-8,14H2,1-3H3,(H,37,38)(H,36,39,40). The van der Waals surface area contributed by atoms with Crippen molar-refractivity contribution >= 4 is 27.8 Å². The molecule has 6 aromatic rings. The summed E-state index contributed by atoms with van der Waals surface area (Å²) in [5.41, 5.74) is 7.63. The lowest BCUT2D eigenvalue weighted by Crippen LogP contribution is -2.20. The van der Waals surface area contributed by atoms with E-state index in [0.29, 0.717) is 46.2 Å². The molecule has 0 aliphatic heterocycles. The molecular formula is C30H31FN10. The summed E-state index contributed by atoms with van der Waals surface area (Å²) >= 11 is 0. The van der Waals surface area contributed by atoms with E-state index in [9.17, 15) is 4.39 Å². The smallest absolute Gasteiger partial charge is 0.181 e. The molecule has 0 bridgehead atoms. The van der Waals surface area contributed by atoms with Gasteiger partial charge in [0.15, 0.2) is 11.5 Å². The first-order chi connectivity index (χ1) is 20.0. The van der Waals surface area contributed by atoms with Crippen LogP contribution in [0.15, 0.2) is 61.2 Å². The average molecular weight is 551 g/mol. The number of rotatable bonds is 10. The number of aromatic amines is 2. The minimum atomic E-state index is -0.341. The summed E-state index contributed by atoms with van der Waals surface area (Å²) < 4.78 is 14.6. The molecule has 5 aromatic heterocycles. The Labute approximate surface area is 236 Å². The molecule has 6 rings (SSSR count). The molecule has 1 aromatic carbocycles. The summed E-state index contributed by atoms with van der Waals surface area (Å²) in [7, 11) is 4.00. The minimum absolute atomic E-state index is 0.341. The van der Waals surface area contributed by atoms with Gasteiger partial charge >= 0.3 is 0 Å². The summed E-state index contributed by atoms with van der Waals surface area (Å²) in [6, 6.07) is 10.9. The van der Waals surface area contributed by atoms with Crippen molar-refractivity contribution in [3.63, 3.8) is 0 Å². The molecule has 0 radical (unpaired) electrons. The first-order valence-corrected chi connectivity index (χ1v) is 13.5. The molecule has 11 heteroatoms. The highest BCUT2D eigenvalue weighted by atomic mass is 19.1. The Bertz CT molecular complexity index is 1820. The summed E-state index contributed by atoms with van der Waals surface area (Å²) in [4.78, 5) is 23.9. The fraction of sp³-hybridized carbons (Fsp3) is 0.233. The van der Waals surface area contributed by atoms with Gasteiger partial charge in [-0.2, -0.15) is 5.10 Å². The van der Waals surface area contributed by atoms with Crippen LogP contribution in [0.1, 0.15) is 12.5 Å². The number of imidazole rings is 1. The number of halogens is 1. The summed E-state index contributed by atoms with van der Waals surface area (Å²) in [5.74, 6) is 0.252. The van der Waals surface area contributed by atoms with Gasteiger partial charge in [-0.1, -0.05) is 6.92 Å². The first-order valence-electron chi connectivity index (χ1n) is 13.5. The second-order valence-electron chi connectivity index (χ2n) is 10.2. The maximum Gasteiger partial charge on any atom is 0.181 e. The van der Waals surface area contributed by atoms with Gasteiger partial charge in [0.25, 0.3) is 0 Å². The fourth-order valence-corrected chi connectivity index (χ4v) is 4.77. The van der Waals surface area contributed by atoms with Crippen molar-refractivity contribution in [3.8, 4) is 33.9 Å². The van der Waals surface area contributed by atoms with Gasteiger partial charge < -0.3 is 20.5 Å². The van der Waals surface area contributed by atoms with Crippen molar-refractivity contribution in [3.05, 3.63) is 72.6 Å². The van der Waals surface area contributed by atoms with Crippen molar-refractivity contribution in [2.24, 2.45) is 0 Å². The number of likely N-dealkylation sites (N-methyl/N-ethyl adjacent to an activating group) is 1. The molecule has 0 atom stereocenters. The predicted octanol–water partition coefficient (Wildman–Crippen LogP) is 4.85. The predicted molar refractivity (Wildman–Crippen MR) is 160 cm³/mol. The van der Waals surface area contributed by atoms with Crippen LogP contribution in [0.5, 0.6) is 0 Å². The van der Waals surface area contributed by atoms with Crippen molar-refractivity contribution in [1.82, 2.24) is 45.3 Å². The largest absolute Gasteiger partial charge is 0.384 e. The first kappa shape index (κ1) is 26.5. The van der Waals surface area contributed by atoms with E-state index >= 15 is 0 Å². The topological polar surface area (TPSA) is 123 Å². The van der Waals surface area contributed by atoms with E-state index in [1.807, 2.05) is 44.7 Å². The van der Waals surface area contributed by atoms with Gasteiger partial charge in [0.1, 0.15) is 17.0 Å². The number of anilines is 1. The van der Waals surface area contributed by atoms with Crippen LogP contribution in [0.4, 0.5) is 10.1 Å². The van der Waals surface area contributed by atoms with E-state index in [1.165, 1.54) is 12.1 Å². The van der Waals surface area contributed by atoms with Crippen molar-refractivity contribution in [2.75, 3.05) is 39.0 Å². The summed E-state index contributed by atoms with van der Waals surface area (Å²) in [5, 5.41) is 14.9. The third-order valence-electron chi connectivity index (χ3n) is 6.81. The maximum absolute atomic E-state index is 14.6.